The van der Waals surface area contributed by atoms with Gasteiger partial charge in [0.05, 0.1) is 19.3 Å². The lowest BCUT2D eigenvalue weighted by molar-refractivity contribution is 0.0847. The molecule has 5 heteroatoms. The van der Waals surface area contributed by atoms with Crippen LogP contribution in [0.2, 0.25) is 0 Å². The number of aryl methyl sites for hydroxylation is 2. The van der Waals surface area contributed by atoms with Gasteiger partial charge in [-0.05, 0) is 50.1 Å². The molecule has 118 valence electrons. The van der Waals surface area contributed by atoms with Crippen molar-refractivity contribution in [2.45, 2.75) is 32.9 Å². The second-order valence-corrected chi connectivity index (χ2v) is 5.49. The largest absolute Gasteiger partial charge is 0.497 e. The molecule has 0 spiro atoms. The van der Waals surface area contributed by atoms with Crippen molar-refractivity contribution in [3.63, 3.8) is 0 Å². The molecule has 0 aliphatic carbocycles. The molecule has 5 nitrogen and oxygen atoms in total. The number of nitrogens with one attached hydrogen (secondary N) is 2. The van der Waals surface area contributed by atoms with Gasteiger partial charge in [-0.3, -0.25) is 4.79 Å². The van der Waals surface area contributed by atoms with E-state index in [1.807, 2.05) is 19.9 Å². The van der Waals surface area contributed by atoms with E-state index in [0.29, 0.717) is 5.69 Å². The Labute approximate surface area is 130 Å². The Morgan fingerprint density at radius 2 is 1.91 bits per heavy atom. The molecular weight excluding hydrogens is 280 g/mol. The van der Waals surface area contributed by atoms with E-state index in [2.05, 4.69) is 10.3 Å². The van der Waals surface area contributed by atoms with Crippen molar-refractivity contribution in [3.8, 4) is 5.75 Å². The predicted molar refractivity (Wildman–Crippen MR) is 85.1 cm³/mol. The maximum atomic E-state index is 12.3. The molecule has 2 atom stereocenters. The third-order valence-corrected chi connectivity index (χ3v) is 3.67. The zero-order valence-corrected chi connectivity index (χ0v) is 13.3. The number of carbonyl (C=O) groups excluding carboxylic acids is 1. The van der Waals surface area contributed by atoms with E-state index >= 15 is 0 Å². The number of aliphatic hydroxyl groups excluding tert-OH is 1. The van der Waals surface area contributed by atoms with Crippen LogP contribution in [0.3, 0.4) is 0 Å². The van der Waals surface area contributed by atoms with E-state index in [0.717, 1.165) is 22.6 Å². The van der Waals surface area contributed by atoms with Gasteiger partial charge in [0.25, 0.3) is 5.91 Å². The van der Waals surface area contributed by atoms with E-state index in [1.54, 1.807) is 38.3 Å². The molecule has 22 heavy (non-hydrogen) atoms. The van der Waals surface area contributed by atoms with Gasteiger partial charge in [-0.2, -0.15) is 0 Å². The molecule has 0 saturated heterocycles. The fourth-order valence-corrected chi connectivity index (χ4v) is 2.41. The fourth-order valence-electron chi connectivity index (χ4n) is 2.41. The number of aliphatic hydroxyl groups is 1. The number of amides is 1. The van der Waals surface area contributed by atoms with Crippen LogP contribution in [0.1, 0.15) is 40.3 Å². The van der Waals surface area contributed by atoms with Crippen molar-refractivity contribution >= 4 is 5.91 Å². The molecule has 2 rings (SSSR count). The summed E-state index contributed by atoms with van der Waals surface area (Å²) in [7, 11) is 1.59. The Kier molecular flexibility index (Phi) is 4.88. The van der Waals surface area contributed by atoms with Crippen LogP contribution < -0.4 is 10.1 Å². The highest BCUT2D eigenvalue weighted by atomic mass is 16.5. The third-order valence-electron chi connectivity index (χ3n) is 3.67. The van der Waals surface area contributed by atoms with Gasteiger partial charge in [0.2, 0.25) is 0 Å². The number of aromatic nitrogens is 1. The van der Waals surface area contributed by atoms with E-state index in [-0.39, 0.29) is 5.91 Å². The average molecular weight is 302 g/mol. The number of hydrogen-bond donors (Lipinski definition) is 3. The molecule has 0 fully saturated rings. The van der Waals surface area contributed by atoms with Crippen LogP contribution >= 0.6 is 0 Å². The van der Waals surface area contributed by atoms with Crippen molar-refractivity contribution in [3.05, 3.63) is 52.8 Å². The van der Waals surface area contributed by atoms with Crippen LogP contribution in [0.4, 0.5) is 0 Å². The SMILES string of the molecule is COc1ccc(C(O)C(C)NC(=O)c2[nH]c(C)cc2C)cc1. The maximum absolute atomic E-state index is 12.3. The zero-order valence-electron chi connectivity index (χ0n) is 13.3. The first-order valence-corrected chi connectivity index (χ1v) is 7.21. The molecule has 0 saturated carbocycles. The number of H-pyrrole nitrogens is 1. The normalized spacial score (nSPS) is 13.5. The molecule has 2 unspecified atom stereocenters. The summed E-state index contributed by atoms with van der Waals surface area (Å²) >= 11 is 0. The summed E-state index contributed by atoms with van der Waals surface area (Å²) in [6.45, 7) is 5.56. The monoisotopic (exact) mass is 302 g/mol. The summed E-state index contributed by atoms with van der Waals surface area (Å²) in [6.07, 6.45) is -0.786. The van der Waals surface area contributed by atoms with Gasteiger partial charge in [0, 0.05) is 5.69 Å². The topological polar surface area (TPSA) is 74.3 Å². The third kappa shape index (κ3) is 3.49. The molecule has 2 aromatic rings. The number of rotatable bonds is 5. The molecule has 1 aromatic carbocycles. The van der Waals surface area contributed by atoms with Gasteiger partial charge in [-0.15, -0.1) is 0 Å². The number of hydrogen-bond acceptors (Lipinski definition) is 3. The summed E-state index contributed by atoms with van der Waals surface area (Å²) < 4.78 is 5.09. The second-order valence-electron chi connectivity index (χ2n) is 5.49. The van der Waals surface area contributed by atoms with Gasteiger partial charge in [-0.1, -0.05) is 12.1 Å². The van der Waals surface area contributed by atoms with Crippen LogP contribution in [0.5, 0.6) is 5.75 Å². The van der Waals surface area contributed by atoms with Gasteiger partial charge >= 0.3 is 0 Å². The lowest BCUT2D eigenvalue weighted by Crippen LogP contribution is -2.37. The number of benzene rings is 1. The first kappa shape index (κ1) is 16.1. The molecule has 1 amide bonds. The highest BCUT2D eigenvalue weighted by Gasteiger charge is 2.20. The molecule has 3 N–H and O–H groups in total. The van der Waals surface area contributed by atoms with Crippen molar-refractivity contribution in [1.29, 1.82) is 0 Å². The zero-order chi connectivity index (χ0) is 16.3. The van der Waals surface area contributed by atoms with E-state index < -0.39 is 12.1 Å². The number of aromatic amines is 1. The van der Waals surface area contributed by atoms with E-state index in [4.69, 9.17) is 4.74 Å². The molecule has 0 aliphatic heterocycles. The molecular formula is C17H22N2O3. The van der Waals surface area contributed by atoms with Crippen molar-refractivity contribution in [1.82, 2.24) is 10.3 Å². The molecule has 0 bridgehead atoms. The van der Waals surface area contributed by atoms with Gasteiger partial charge in [0.15, 0.2) is 0 Å². The summed E-state index contributed by atoms with van der Waals surface area (Å²) in [5, 5.41) is 13.2. The lowest BCUT2D eigenvalue weighted by atomic mass is 10.0. The van der Waals surface area contributed by atoms with Crippen LogP contribution in [-0.2, 0) is 0 Å². The van der Waals surface area contributed by atoms with Crippen LogP contribution in [-0.4, -0.2) is 29.1 Å². The molecule has 1 aromatic heterocycles. The minimum absolute atomic E-state index is 0.217. The standard InChI is InChI=1S/C17H22N2O3/c1-10-9-11(2)18-15(10)17(21)19-12(3)16(20)13-5-7-14(22-4)8-6-13/h5-9,12,16,18,20H,1-4H3,(H,19,21). The Hall–Kier alpha value is -2.27. The lowest BCUT2D eigenvalue weighted by Gasteiger charge is -2.20. The predicted octanol–water partition coefficient (Wildman–Crippen LogP) is 2.49. The van der Waals surface area contributed by atoms with Gasteiger partial charge in [0.1, 0.15) is 11.4 Å². The highest BCUT2D eigenvalue weighted by Crippen LogP contribution is 2.20. The number of ether oxygens (including phenoxy) is 1. The van der Waals surface area contributed by atoms with Gasteiger partial charge in [-0.25, -0.2) is 0 Å². The Balaban J connectivity index is 2.05. The number of carbonyl (C=O) groups is 1. The Morgan fingerprint density at radius 3 is 2.41 bits per heavy atom. The Bertz CT molecular complexity index is 646. The van der Waals surface area contributed by atoms with Crippen molar-refractivity contribution < 1.29 is 14.6 Å². The summed E-state index contributed by atoms with van der Waals surface area (Å²) in [5.41, 5.74) is 3.09. The summed E-state index contributed by atoms with van der Waals surface area (Å²) in [6, 6.07) is 8.65. The minimum atomic E-state index is -0.786. The Morgan fingerprint density at radius 1 is 1.27 bits per heavy atom. The van der Waals surface area contributed by atoms with Crippen LogP contribution in [0.15, 0.2) is 30.3 Å². The maximum Gasteiger partial charge on any atom is 0.268 e. The fraction of sp³-hybridized carbons (Fsp3) is 0.353. The minimum Gasteiger partial charge on any atom is -0.497 e. The molecule has 1 heterocycles. The first-order valence-electron chi connectivity index (χ1n) is 7.21. The van der Waals surface area contributed by atoms with E-state index in [1.165, 1.54) is 0 Å². The molecule has 0 radical (unpaired) electrons. The smallest absolute Gasteiger partial charge is 0.268 e. The quantitative estimate of drug-likeness (QED) is 0.794. The van der Waals surface area contributed by atoms with Crippen LogP contribution in [0.25, 0.3) is 0 Å². The molecule has 0 aliphatic rings. The second kappa shape index (κ2) is 6.66. The highest BCUT2D eigenvalue weighted by molar-refractivity contribution is 5.94. The number of methoxy groups -OCH3 is 1. The van der Waals surface area contributed by atoms with Gasteiger partial charge < -0.3 is 20.1 Å². The van der Waals surface area contributed by atoms with E-state index in [9.17, 15) is 9.90 Å². The van der Waals surface area contributed by atoms with Crippen molar-refractivity contribution in [2.75, 3.05) is 7.11 Å². The summed E-state index contributed by atoms with van der Waals surface area (Å²) in [4.78, 5) is 15.3. The van der Waals surface area contributed by atoms with Crippen molar-refractivity contribution in [2.24, 2.45) is 0 Å². The summed E-state index contributed by atoms with van der Waals surface area (Å²) in [5.74, 6) is 0.510. The van der Waals surface area contributed by atoms with Crippen LogP contribution in [0, 0.1) is 13.8 Å². The first-order chi connectivity index (χ1) is 10.4. The average Bonchev–Trinajstić information content (AvgIpc) is 2.85.